The molecule has 0 spiro atoms. The second-order valence-corrected chi connectivity index (χ2v) is 12.2. The zero-order valence-electron chi connectivity index (χ0n) is 26.2. The molecule has 0 saturated heterocycles. The van der Waals surface area contributed by atoms with E-state index < -0.39 is 0 Å². The molecule has 48 heavy (non-hydrogen) atoms. The van der Waals surface area contributed by atoms with E-state index in [9.17, 15) is 0 Å². The third-order valence-electron chi connectivity index (χ3n) is 9.36. The predicted molar refractivity (Wildman–Crippen MR) is 202 cm³/mol. The van der Waals surface area contributed by atoms with Gasteiger partial charge in [-0.2, -0.15) is 0 Å². The molecule has 0 aliphatic heterocycles. The van der Waals surface area contributed by atoms with E-state index in [-0.39, 0.29) is 0 Å². The molecule has 9 rings (SSSR count). The van der Waals surface area contributed by atoms with E-state index in [2.05, 4.69) is 140 Å². The zero-order chi connectivity index (χ0) is 31.9. The monoisotopic (exact) mass is 610 g/mol. The number of aromatic nitrogens is 2. The molecule has 2 heteroatoms. The SMILES string of the molecule is c1ccc(-c2ncc(-c3ccc4c(-c5ccccc5)c5cc(-c6cccc7ccccc67)ccc5c(-c5ccccc5)c4c3)cn2)cc1. The molecule has 224 valence electrons. The lowest BCUT2D eigenvalue weighted by molar-refractivity contribution is 1.18. The van der Waals surface area contributed by atoms with Crippen molar-refractivity contribution in [3.63, 3.8) is 0 Å². The largest absolute Gasteiger partial charge is 0.236 e. The van der Waals surface area contributed by atoms with Gasteiger partial charge < -0.3 is 0 Å². The quantitative estimate of drug-likeness (QED) is 0.181. The Labute approximate surface area is 279 Å². The van der Waals surface area contributed by atoms with Crippen molar-refractivity contribution in [2.24, 2.45) is 0 Å². The summed E-state index contributed by atoms with van der Waals surface area (Å²) < 4.78 is 0. The second-order valence-electron chi connectivity index (χ2n) is 12.2. The van der Waals surface area contributed by atoms with Gasteiger partial charge >= 0.3 is 0 Å². The maximum atomic E-state index is 4.75. The highest BCUT2D eigenvalue weighted by Gasteiger charge is 2.19. The summed E-state index contributed by atoms with van der Waals surface area (Å²) in [6, 6.07) is 60.8. The fourth-order valence-electron chi connectivity index (χ4n) is 7.10. The van der Waals surface area contributed by atoms with Gasteiger partial charge in [-0.3, -0.25) is 0 Å². The van der Waals surface area contributed by atoms with Crippen LogP contribution in [0.3, 0.4) is 0 Å². The Morgan fingerprint density at radius 2 is 0.792 bits per heavy atom. The lowest BCUT2D eigenvalue weighted by atomic mass is 9.83. The van der Waals surface area contributed by atoms with E-state index in [0.717, 1.165) is 22.5 Å². The van der Waals surface area contributed by atoms with Crippen molar-refractivity contribution in [3.8, 4) is 55.9 Å². The van der Waals surface area contributed by atoms with E-state index >= 15 is 0 Å². The molecule has 1 aromatic heterocycles. The average Bonchev–Trinajstić information content (AvgIpc) is 3.17. The van der Waals surface area contributed by atoms with Crippen molar-refractivity contribution in [2.75, 3.05) is 0 Å². The second kappa shape index (κ2) is 11.8. The third-order valence-corrected chi connectivity index (χ3v) is 9.36. The van der Waals surface area contributed by atoms with Crippen molar-refractivity contribution >= 4 is 32.3 Å². The highest BCUT2D eigenvalue weighted by molar-refractivity contribution is 6.22. The molecule has 9 aromatic rings. The van der Waals surface area contributed by atoms with Crippen molar-refractivity contribution in [1.82, 2.24) is 9.97 Å². The predicted octanol–water partition coefficient (Wildman–Crippen LogP) is 12.3. The van der Waals surface area contributed by atoms with E-state index in [1.165, 1.54) is 65.7 Å². The molecule has 0 N–H and O–H groups in total. The molecule has 0 radical (unpaired) electrons. The molecule has 0 fully saturated rings. The van der Waals surface area contributed by atoms with Crippen LogP contribution in [0.4, 0.5) is 0 Å². The van der Waals surface area contributed by atoms with Crippen LogP contribution < -0.4 is 0 Å². The fraction of sp³-hybridized carbons (Fsp3) is 0. The van der Waals surface area contributed by atoms with E-state index in [4.69, 9.17) is 9.97 Å². The highest BCUT2D eigenvalue weighted by Crippen LogP contribution is 2.46. The van der Waals surface area contributed by atoms with Crippen LogP contribution in [0.2, 0.25) is 0 Å². The summed E-state index contributed by atoms with van der Waals surface area (Å²) in [6.45, 7) is 0. The molecule has 0 atom stereocenters. The highest BCUT2D eigenvalue weighted by atomic mass is 14.9. The molecule has 2 nitrogen and oxygen atoms in total. The average molecular weight is 611 g/mol. The van der Waals surface area contributed by atoms with Gasteiger partial charge in [-0.1, -0.05) is 158 Å². The normalized spacial score (nSPS) is 11.3. The van der Waals surface area contributed by atoms with Gasteiger partial charge in [-0.05, 0) is 83.4 Å². The number of rotatable bonds is 5. The van der Waals surface area contributed by atoms with Crippen molar-refractivity contribution < 1.29 is 0 Å². The van der Waals surface area contributed by atoms with Gasteiger partial charge in [0.15, 0.2) is 5.82 Å². The van der Waals surface area contributed by atoms with Crippen molar-refractivity contribution in [2.45, 2.75) is 0 Å². The van der Waals surface area contributed by atoms with Gasteiger partial charge in [0.1, 0.15) is 0 Å². The molecule has 0 amide bonds. The van der Waals surface area contributed by atoms with Crippen LogP contribution >= 0.6 is 0 Å². The summed E-state index contributed by atoms with van der Waals surface area (Å²) in [6.07, 6.45) is 3.88. The van der Waals surface area contributed by atoms with Crippen LogP contribution in [0.25, 0.3) is 88.2 Å². The van der Waals surface area contributed by atoms with Crippen LogP contribution in [0.1, 0.15) is 0 Å². The molecule has 1 heterocycles. The Bertz CT molecular complexity index is 2570. The maximum Gasteiger partial charge on any atom is 0.159 e. The maximum absolute atomic E-state index is 4.75. The molecule has 0 bridgehead atoms. The minimum atomic E-state index is 0.726. The molecule has 0 saturated carbocycles. The van der Waals surface area contributed by atoms with Crippen molar-refractivity contribution in [3.05, 3.63) is 182 Å². The third kappa shape index (κ3) is 4.83. The van der Waals surface area contributed by atoms with Crippen LogP contribution in [0, 0.1) is 0 Å². The molecular formula is C46H30N2. The minimum Gasteiger partial charge on any atom is -0.236 e. The first kappa shape index (κ1) is 27.9. The van der Waals surface area contributed by atoms with Gasteiger partial charge in [-0.25, -0.2) is 9.97 Å². The Hall–Kier alpha value is -6.38. The lowest BCUT2D eigenvalue weighted by Crippen LogP contribution is -1.93. The zero-order valence-corrected chi connectivity index (χ0v) is 26.2. The molecule has 0 unspecified atom stereocenters. The Kier molecular flexibility index (Phi) is 6.84. The Morgan fingerprint density at radius 1 is 0.292 bits per heavy atom. The molecule has 0 aliphatic rings. The van der Waals surface area contributed by atoms with E-state index in [1.807, 2.05) is 42.7 Å². The van der Waals surface area contributed by atoms with Crippen LogP contribution in [-0.2, 0) is 0 Å². The number of nitrogens with zero attached hydrogens (tertiary/aromatic N) is 2. The van der Waals surface area contributed by atoms with Crippen LogP contribution in [-0.4, -0.2) is 9.97 Å². The summed E-state index contributed by atoms with van der Waals surface area (Å²) in [5.74, 6) is 0.726. The lowest BCUT2D eigenvalue weighted by Gasteiger charge is -2.20. The number of fused-ring (bicyclic) bond motifs is 3. The first-order valence-electron chi connectivity index (χ1n) is 16.3. The summed E-state index contributed by atoms with van der Waals surface area (Å²) >= 11 is 0. The Morgan fingerprint density at radius 3 is 1.42 bits per heavy atom. The van der Waals surface area contributed by atoms with Gasteiger partial charge in [-0.15, -0.1) is 0 Å². The van der Waals surface area contributed by atoms with Crippen LogP contribution in [0.5, 0.6) is 0 Å². The topological polar surface area (TPSA) is 25.8 Å². The van der Waals surface area contributed by atoms with Gasteiger partial charge in [0.25, 0.3) is 0 Å². The number of hydrogen-bond acceptors (Lipinski definition) is 2. The molecular weight excluding hydrogens is 581 g/mol. The Balaban J connectivity index is 1.33. The smallest absolute Gasteiger partial charge is 0.159 e. The van der Waals surface area contributed by atoms with Crippen LogP contribution in [0.15, 0.2) is 182 Å². The minimum absolute atomic E-state index is 0.726. The first-order valence-corrected chi connectivity index (χ1v) is 16.3. The van der Waals surface area contributed by atoms with Gasteiger partial charge in [0.05, 0.1) is 0 Å². The van der Waals surface area contributed by atoms with E-state index in [1.54, 1.807) is 0 Å². The summed E-state index contributed by atoms with van der Waals surface area (Å²) in [5.41, 5.74) is 10.4. The number of benzene rings is 8. The first-order chi connectivity index (χ1) is 23.8. The summed E-state index contributed by atoms with van der Waals surface area (Å²) in [7, 11) is 0. The van der Waals surface area contributed by atoms with Gasteiger partial charge in [0, 0.05) is 23.5 Å². The van der Waals surface area contributed by atoms with E-state index in [0.29, 0.717) is 0 Å². The number of hydrogen-bond donors (Lipinski definition) is 0. The standard InChI is InChI=1S/C46H30N2/c1-4-14-32(15-5-1)44-41-26-24-36(39-22-12-20-31-13-10-11-21-38(31)39)28-43(41)45(33-16-6-2-7-17-33)40-25-23-35(27-42(40)44)37-29-47-46(48-30-37)34-18-8-3-9-19-34/h1-30H. The van der Waals surface area contributed by atoms with Gasteiger partial charge in [0.2, 0.25) is 0 Å². The fourth-order valence-corrected chi connectivity index (χ4v) is 7.10. The molecule has 0 aliphatic carbocycles. The summed E-state index contributed by atoms with van der Waals surface area (Å²) in [5, 5.41) is 7.39. The molecule has 8 aromatic carbocycles. The summed E-state index contributed by atoms with van der Waals surface area (Å²) in [4.78, 5) is 9.50. The van der Waals surface area contributed by atoms with Crippen molar-refractivity contribution in [1.29, 1.82) is 0 Å².